The molecule has 80 heavy (non-hydrogen) atoms. The molecule has 0 saturated heterocycles. The number of aromatic carboxylic acids is 1. The lowest BCUT2D eigenvalue weighted by atomic mass is 10.00. The molecule has 416 valence electrons. The van der Waals surface area contributed by atoms with Gasteiger partial charge in [-0.2, -0.15) is 26.3 Å². The molecule has 0 atom stereocenters. The lowest BCUT2D eigenvalue weighted by Crippen LogP contribution is -2.26. The number of imidazole rings is 2. The van der Waals surface area contributed by atoms with Gasteiger partial charge in [0.1, 0.15) is 0 Å². The average molecular weight is 1100 g/mol. The van der Waals surface area contributed by atoms with Crippen LogP contribution in [0, 0.1) is 27.7 Å². The van der Waals surface area contributed by atoms with Crippen LogP contribution in [0.1, 0.15) is 109 Å². The molecule has 10 rings (SSSR count). The van der Waals surface area contributed by atoms with Crippen LogP contribution in [0.2, 0.25) is 0 Å². The molecule has 0 aliphatic heterocycles. The van der Waals surface area contributed by atoms with Crippen LogP contribution in [0.5, 0.6) is 0 Å². The average Bonchev–Trinajstić information content (AvgIpc) is 4.36. The van der Waals surface area contributed by atoms with Crippen molar-refractivity contribution in [3.8, 4) is 44.8 Å². The van der Waals surface area contributed by atoms with E-state index in [-0.39, 0.29) is 48.5 Å². The van der Waals surface area contributed by atoms with Gasteiger partial charge in [0.15, 0.2) is 11.3 Å². The molecule has 6 N–H and O–H groups in total. The van der Waals surface area contributed by atoms with E-state index in [9.17, 15) is 50.6 Å². The van der Waals surface area contributed by atoms with E-state index in [1.165, 1.54) is 6.07 Å². The number of rotatable bonds is 17. The second-order valence-electron chi connectivity index (χ2n) is 20.3. The molecule has 4 heterocycles. The van der Waals surface area contributed by atoms with Crippen molar-refractivity contribution in [2.75, 3.05) is 30.3 Å². The number of carboxylic acid groups (broad SMARTS) is 1. The number of carbonyl (C=O) groups is 4. The second kappa shape index (κ2) is 23.0. The maximum absolute atomic E-state index is 12.9. The van der Waals surface area contributed by atoms with Gasteiger partial charge >= 0.3 is 18.3 Å². The Morgan fingerprint density at radius 1 is 0.525 bits per heavy atom. The summed E-state index contributed by atoms with van der Waals surface area (Å²) in [4.78, 5) is 58.1. The molecular formula is C60H59F6N9O5. The molecule has 20 heteroatoms. The maximum Gasteiger partial charge on any atom is 0.390 e. The molecule has 2 saturated carbocycles. The summed E-state index contributed by atoms with van der Waals surface area (Å²) in [6, 6.07) is 25.4. The molecule has 0 spiro atoms. The number of halogens is 6. The first-order chi connectivity index (χ1) is 38.0. The monoisotopic (exact) mass is 1100 g/mol. The van der Waals surface area contributed by atoms with Crippen LogP contribution in [-0.4, -0.2) is 91.6 Å². The minimum absolute atomic E-state index is 0.0976. The molecule has 0 unspecified atom stereocenters. The van der Waals surface area contributed by atoms with Gasteiger partial charge in [-0.1, -0.05) is 36.4 Å². The number of benzene rings is 4. The molecule has 0 radical (unpaired) electrons. The summed E-state index contributed by atoms with van der Waals surface area (Å²) in [6.07, 6.45) is 0.419. The highest BCUT2D eigenvalue weighted by Crippen LogP contribution is 2.35. The number of aromatic nitrogens is 4. The highest BCUT2D eigenvalue weighted by molar-refractivity contribution is 5.98. The van der Waals surface area contributed by atoms with Gasteiger partial charge in [0.25, 0.3) is 17.7 Å². The Kier molecular flexibility index (Phi) is 16.1. The van der Waals surface area contributed by atoms with Gasteiger partial charge in [-0.3, -0.25) is 23.2 Å². The number of fused-ring (bicyclic) bond motifs is 2. The Morgan fingerprint density at radius 2 is 0.887 bits per heavy atom. The van der Waals surface area contributed by atoms with Crippen molar-refractivity contribution in [1.82, 2.24) is 34.7 Å². The van der Waals surface area contributed by atoms with Crippen molar-refractivity contribution in [1.29, 1.82) is 0 Å². The van der Waals surface area contributed by atoms with Crippen molar-refractivity contribution in [2.24, 2.45) is 0 Å². The topological polar surface area (TPSA) is 183 Å². The van der Waals surface area contributed by atoms with Crippen LogP contribution in [0.25, 0.3) is 56.1 Å². The molecule has 3 amide bonds. The van der Waals surface area contributed by atoms with Gasteiger partial charge in [-0.05, 0) is 142 Å². The van der Waals surface area contributed by atoms with E-state index in [1.807, 2.05) is 80.9 Å². The molecule has 0 bridgehead atoms. The van der Waals surface area contributed by atoms with Crippen molar-refractivity contribution in [3.05, 3.63) is 154 Å². The minimum Gasteiger partial charge on any atom is -0.478 e. The molecule has 8 aromatic rings. The van der Waals surface area contributed by atoms with Crippen molar-refractivity contribution in [3.63, 3.8) is 0 Å². The SMILES string of the molecule is CCNC(=O)c1ccc(-c2cc(NCCC(F)(F)F)c3ncc(-c4ccc(C(=O)NC5CC5)c(C)c4)n3c2)cc1C.Cc1cc(-c2cc(NCCC(F)(F)F)c3ncc(-c4ccc(C(=O)NC5CC5)c(C)c4)n3c2)ccc1C(=O)O. The number of nitrogens with one attached hydrogen (secondary N) is 5. The van der Waals surface area contributed by atoms with Gasteiger partial charge < -0.3 is 31.7 Å². The number of amides is 3. The number of nitrogens with zero attached hydrogens (tertiary/aromatic N) is 4. The number of carbonyl (C=O) groups excluding carboxylic acids is 3. The van der Waals surface area contributed by atoms with E-state index in [2.05, 4.69) is 36.6 Å². The van der Waals surface area contributed by atoms with Crippen LogP contribution in [-0.2, 0) is 0 Å². The number of carboxylic acids is 1. The van der Waals surface area contributed by atoms with E-state index in [4.69, 9.17) is 0 Å². The van der Waals surface area contributed by atoms with E-state index in [0.29, 0.717) is 68.3 Å². The lowest BCUT2D eigenvalue weighted by molar-refractivity contribution is -0.132. The fourth-order valence-electron chi connectivity index (χ4n) is 9.43. The molecule has 4 aromatic heterocycles. The lowest BCUT2D eigenvalue weighted by Gasteiger charge is -2.15. The van der Waals surface area contributed by atoms with Gasteiger partial charge in [0.2, 0.25) is 0 Å². The third-order valence-corrected chi connectivity index (χ3v) is 13.9. The molecular weight excluding hydrogens is 1040 g/mol. The summed E-state index contributed by atoms with van der Waals surface area (Å²) in [5.74, 6) is -1.41. The van der Waals surface area contributed by atoms with Crippen LogP contribution in [0.4, 0.5) is 37.7 Å². The highest BCUT2D eigenvalue weighted by Gasteiger charge is 2.29. The van der Waals surface area contributed by atoms with Crippen LogP contribution < -0.4 is 26.6 Å². The smallest absolute Gasteiger partial charge is 0.390 e. The Labute approximate surface area is 457 Å². The van der Waals surface area contributed by atoms with E-state index in [0.717, 1.165) is 70.3 Å². The van der Waals surface area contributed by atoms with Gasteiger partial charge in [-0.25, -0.2) is 14.8 Å². The Balaban J connectivity index is 0.000000194. The van der Waals surface area contributed by atoms with Crippen molar-refractivity contribution in [2.45, 2.75) is 97.6 Å². The normalized spacial score (nSPS) is 13.4. The summed E-state index contributed by atoms with van der Waals surface area (Å²) >= 11 is 0. The predicted octanol–water partition coefficient (Wildman–Crippen LogP) is 12.5. The molecule has 2 aliphatic carbocycles. The predicted molar refractivity (Wildman–Crippen MR) is 295 cm³/mol. The fourth-order valence-corrected chi connectivity index (χ4v) is 9.43. The third kappa shape index (κ3) is 13.2. The number of hydrogen-bond acceptors (Lipinski definition) is 8. The van der Waals surface area contributed by atoms with E-state index in [1.54, 1.807) is 66.2 Å². The van der Waals surface area contributed by atoms with Crippen molar-refractivity contribution < 1.29 is 50.6 Å². The van der Waals surface area contributed by atoms with Crippen LogP contribution in [0.15, 0.2) is 110 Å². The number of aryl methyl sites for hydroxylation is 4. The number of alkyl halides is 6. The standard InChI is InChI=1S/C31H32F3N5O2.C29H27F3N4O3/c1-4-35-29(40)24-9-5-20(13-18(24)2)22-15-26(36-12-11-31(32,33)34)28-37-16-27(39(28)17-22)21-6-10-25(19(3)14-21)30(41)38-23-7-8-23;1-16-12-19(4-7-22(16)27(37)35-21-5-6-21)25-14-34-26-24(33-10-9-29(30,31)32)13-20(15-36(25)26)18-3-8-23(28(38)39)17(2)11-18/h5-6,9-10,13-17,23,36H,4,7-8,11-12H2,1-3H3,(H,35,40)(H,38,41);3-4,7-8,11-15,21,33H,5-6,9-10H2,1-2H3,(H,35,37)(H,38,39). The first kappa shape index (κ1) is 56.1. The molecule has 2 fully saturated rings. The number of pyridine rings is 2. The summed E-state index contributed by atoms with van der Waals surface area (Å²) in [7, 11) is 0. The summed E-state index contributed by atoms with van der Waals surface area (Å²) in [5.41, 5.74) is 12.6. The third-order valence-electron chi connectivity index (χ3n) is 13.9. The zero-order valence-corrected chi connectivity index (χ0v) is 44.5. The zero-order chi connectivity index (χ0) is 57.2. The van der Waals surface area contributed by atoms with Crippen LogP contribution in [0.3, 0.4) is 0 Å². The zero-order valence-electron chi connectivity index (χ0n) is 44.5. The molecule has 14 nitrogen and oxygen atoms in total. The summed E-state index contributed by atoms with van der Waals surface area (Å²) in [5, 5.41) is 24.0. The maximum atomic E-state index is 12.9. The summed E-state index contributed by atoms with van der Waals surface area (Å²) in [6.45, 7) is 9.01. The van der Waals surface area contributed by atoms with Crippen molar-refractivity contribution >= 4 is 46.4 Å². The van der Waals surface area contributed by atoms with Gasteiger partial charge in [-0.15, -0.1) is 0 Å². The minimum atomic E-state index is -4.31. The molecule has 4 aromatic carbocycles. The molecule has 2 aliphatic rings. The highest BCUT2D eigenvalue weighted by atomic mass is 19.4. The van der Waals surface area contributed by atoms with Crippen LogP contribution >= 0.6 is 0 Å². The van der Waals surface area contributed by atoms with Gasteiger partial charge in [0.05, 0.1) is 53.6 Å². The first-order valence-electron chi connectivity index (χ1n) is 26.2. The summed E-state index contributed by atoms with van der Waals surface area (Å²) < 4.78 is 81.0. The largest absolute Gasteiger partial charge is 0.478 e. The van der Waals surface area contributed by atoms with E-state index < -0.39 is 31.2 Å². The second-order valence-corrected chi connectivity index (χ2v) is 20.3. The number of hydrogen-bond donors (Lipinski definition) is 6. The Bertz CT molecular complexity index is 3690. The van der Waals surface area contributed by atoms with E-state index >= 15 is 0 Å². The Hall–Kier alpha value is -8.68. The Morgan fingerprint density at radius 3 is 1.24 bits per heavy atom. The number of anilines is 2. The first-order valence-corrected chi connectivity index (χ1v) is 26.2. The fraction of sp³-hybridized carbons (Fsp3) is 0.300. The quantitative estimate of drug-likeness (QED) is 0.0483. The van der Waals surface area contributed by atoms with Gasteiger partial charge in [0, 0.05) is 83.1 Å².